The van der Waals surface area contributed by atoms with Crippen molar-refractivity contribution in [2.75, 3.05) is 0 Å². The first kappa shape index (κ1) is 25.3. The number of hydrogen-bond acceptors (Lipinski definition) is 2. The third kappa shape index (κ3) is 6.06. The molecule has 1 fully saturated rings. The van der Waals surface area contributed by atoms with Crippen LogP contribution in [0.4, 0.5) is 13.2 Å². The number of aromatic nitrogens is 1. The molecule has 0 saturated heterocycles. The summed E-state index contributed by atoms with van der Waals surface area (Å²) < 4.78 is 45.1. The second kappa shape index (κ2) is 10.4. The highest BCUT2D eigenvalue weighted by Crippen LogP contribution is 2.43. The summed E-state index contributed by atoms with van der Waals surface area (Å²) in [6.07, 6.45) is -2.43. The van der Waals surface area contributed by atoms with Crippen LogP contribution in [0.1, 0.15) is 79.3 Å². The van der Waals surface area contributed by atoms with Crippen LogP contribution in [-0.2, 0) is 6.61 Å². The second-order valence-electron chi connectivity index (χ2n) is 10.2. The summed E-state index contributed by atoms with van der Waals surface area (Å²) in [6, 6.07) is 18.5. The SMILES string of the molecule is Cc1ccc(OCc2ccc(C3CCC(C(F)(F)F)CC3)cc2)c(-c2ccc(C)c(C(C)C)n2)c1. The molecule has 1 aromatic heterocycles. The Kier molecular flexibility index (Phi) is 7.53. The van der Waals surface area contributed by atoms with Gasteiger partial charge in [0.2, 0.25) is 0 Å². The average molecular weight is 482 g/mol. The molecule has 2 aromatic carbocycles. The van der Waals surface area contributed by atoms with Crippen LogP contribution in [0.3, 0.4) is 0 Å². The number of nitrogens with zero attached hydrogens (tertiary/aromatic N) is 1. The van der Waals surface area contributed by atoms with Crippen molar-refractivity contribution in [1.29, 1.82) is 0 Å². The summed E-state index contributed by atoms with van der Waals surface area (Å²) in [6.45, 7) is 8.87. The van der Waals surface area contributed by atoms with E-state index in [0.29, 0.717) is 25.4 Å². The second-order valence-corrected chi connectivity index (χ2v) is 10.2. The quantitative estimate of drug-likeness (QED) is 0.351. The average Bonchev–Trinajstić information content (AvgIpc) is 2.83. The summed E-state index contributed by atoms with van der Waals surface area (Å²) in [5, 5.41) is 0. The molecule has 5 heteroatoms. The van der Waals surface area contributed by atoms with E-state index in [1.807, 2.05) is 42.5 Å². The fourth-order valence-corrected chi connectivity index (χ4v) is 5.05. The zero-order valence-corrected chi connectivity index (χ0v) is 21.0. The fourth-order valence-electron chi connectivity index (χ4n) is 5.05. The van der Waals surface area contributed by atoms with Gasteiger partial charge in [-0.25, -0.2) is 0 Å². The zero-order chi connectivity index (χ0) is 25.2. The maximum Gasteiger partial charge on any atom is 0.391 e. The highest BCUT2D eigenvalue weighted by atomic mass is 19.4. The van der Waals surface area contributed by atoms with Crippen LogP contribution in [0.15, 0.2) is 54.6 Å². The van der Waals surface area contributed by atoms with E-state index < -0.39 is 12.1 Å². The lowest BCUT2D eigenvalue weighted by atomic mass is 9.78. The van der Waals surface area contributed by atoms with E-state index in [-0.39, 0.29) is 18.8 Å². The van der Waals surface area contributed by atoms with Gasteiger partial charge in [-0.3, -0.25) is 4.98 Å². The topological polar surface area (TPSA) is 22.1 Å². The Hall–Kier alpha value is -2.82. The molecule has 0 atom stereocenters. The number of halogens is 3. The van der Waals surface area contributed by atoms with Crippen molar-refractivity contribution in [3.05, 3.63) is 82.5 Å². The highest BCUT2D eigenvalue weighted by Gasteiger charge is 2.41. The zero-order valence-electron chi connectivity index (χ0n) is 21.0. The Morgan fingerprint density at radius 1 is 0.914 bits per heavy atom. The van der Waals surface area contributed by atoms with Crippen LogP contribution >= 0.6 is 0 Å². The molecule has 186 valence electrons. The molecule has 0 bridgehead atoms. The van der Waals surface area contributed by atoms with Gasteiger partial charge in [-0.05, 0) is 86.3 Å². The van der Waals surface area contributed by atoms with Crippen LogP contribution in [0.2, 0.25) is 0 Å². The van der Waals surface area contributed by atoms with Crippen LogP contribution in [0.5, 0.6) is 5.75 Å². The monoisotopic (exact) mass is 481 g/mol. The number of hydrogen-bond donors (Lipinski definition) is 0. The van der Waals surface area contributed by atoms with Gasteiger partial charge in [-0.1, -0.05) is 55.8 Å². The smallest absolute Gasteiger partial charge is 0.391 e. The largest absolute Gasteiger partial charge is 0.488 e. The molecule has 35 heavy (non-hydrogen) atoms. The van der Waals surface area contributed by atoms with Crippen LogP contribution in [0, 0.1) is 19.8 Å². The van der Waals surface area contributed by atoms with E-state index in [9.17, 15) is 13.2 Å². The van der Waals surface area contributed by atoms with Crippen molar-refractivity contribution < 1.29 is 17.9 Å². The number of benzene rings is 2. The Labute approximate surface area is 206 Å². The van der Waals surface area contributed by atoms with Gasteiger partial charge >= 0.3 is 6.18 Å². The number of alkyl halides is 3. The lowest BCUT2D eigenvalue weighted by molar-refractivity contribution is -0.182. The molecule has 0 unspecified atom stereocenters. The maximum atomic E-state index is 13.0. The molecular weight excluding hydrogens is 447 g/mol. The molecule has 0 aliphatic heterocycles. The predicted molar refractivity (Wildman–Crippen MR) is 135 cm³/mol. The standard InChI is InChI=1S/C30H34F3NO/c1-19(2)29-21(4)6-15-27(34-29)26-17-20(3)5-16-28(26)35-18-22-7-9-23(10-8-22)24-11-13-25(14-12-24)30(31,32)33/h5-10,15-17,19,24-25H,11-14,18H2,1-4H3. The van der Waals surface area contributed by atoms with Gasteiger partial charge in [0.1, 0.15) is 12.4 Å². The third-order valence-corrected chi connectivity index (χ3v) is 7.13. The van der Waals surface area contributed by atoms with Gasteiger partial charge in [0.25, 0.3) is 0 Å². The normalized spacial score (nSPS) is 18.6. The van der Waals surface area contributed by atoms with E-state index in [4.69, 9.17) is 9.72 Å². The molecule has 1 aliphatic carbocycles. The van der Waals surface area contributed by atoms with Gasteiger partial charge in [0.15, 0.2) is 0 Å². The summed E-state index contributed by atoms with van der Waals surface area (Å²) in [4.78, 5) is 4.93. The minimum absolute atomic E-state index is 0.204. The number of pyridine rings is 1. The fraction of sp³-hybridized carbons (Fsp3) is 0.433. The van der Waals surface area contributed by atoms with Gasteiger partial charge in [0.05, 0.1) is 11.6 Å². The molecule has 1 aliphatic rings. The number of ether oxygens (including phenoxy) is 1. The van der Waals surface area contributed by atoms with E-state index in [1.165, 1.54) is 5.56 Å². The molecule has 3 aromatic rings. The van der Waals surface area contributed by atoms with E-state index in [2.05, 4.69) is 39.8 Å². The van der Waals surface area contributed by atoms with Gasteiger partial charge in [-0.2, -0.15) is 13.2 Å². The highest BCUT2D eigenvalue weighted by molar-refractivity contribution is 5.68. The molecule has 0 N–H and O–H groups in total. The molecular formula is C30H34F3NO. The summed E-state index contributed by atoms with van der Waals surface area (Å²) in [5.74, 6) is 0.187. The van der Waals surface area contributed by atoms with Gasteiger partial charge < -0.3 is 4.74 Å². The van der Waals surface area contributed by atoms with Crippen LogP contribution < -0.4 is 4.74 Å². The lowest BCUT2D eigenvalue weighted by Crippen LogP contribution is -2.27. The van der Waals surface area contributed by atoms with E-state index in [0.717, 1.165) is 39.4 Å². The Balaban J connectivity index is 1.45. The first-order valence-corrected chi connectivity index (χ1v) is 12.5. The van der Waals surface area contributed by atoms with Gasteiger partial charge in [-0.15, -0.1) is 0 Å². The van der Waals surface area contributed by atoms with Crippen molar-refractivity contribution in [3.63, 3.8) is 0 Å². The van der Waals surface area contributed by atoms with Gasteiger partial charge in [0, 0.05) is 11.3 Å². The maximum absolute atomic E-state index is 13.0. The molecule has 0 radical (unpaired) electrons. The molecule has 0 amide bonds. The number of aryl methyl sites for hydroxylation is 2. The third-order valence-electron chi connectivity index (χ3n) is 7.13. The lowest BCUT2D eigenvalue weighted by Gasteiger charge is -2.30. The van der Waals surface area contributed by atoms with Crippen molar-refractivity contribution in [1.82, 2.24) is 4.98 Å². The molecule has 2 nitrogen and oxygen atoms in total. The molecule has 4 rings (SSSR count). The Bertz CT molecular complexity index is 1140. The minimum atomic E-state index is -4.06. The van der Waals surface area contributed by atoms with Crippen molar-refractivity contribution >= 4 is 0 Å². The van der Waals surface area contributed by atoms with E-state index >= 15 is 0 Å². The Morgan fingerprint density at radius 2 is 1.60 bits per heavy atom. The first-order valence-electron chi connectivity index (χ1n) is 12.5. The van der Waals surface area contributed by atoms with Crippen LogP contribution in [0.25, 0.3) is 11.3 Å². The van der Waals surface area contributed by atoms with Crippen LogP contribution in [-0.4, -0.2) is 11.2 Å². The van der Waals surface area contributed by atoms with Crippen molar-refractivity contribution in [3.8, 4) is 17.0 Å². The molecule has 1 heterocycles. The molecule has 0 spiro atoms. The molecule has 1 saturated carbocycles. The first-order chi connectivity index (χ1) is 16.6. The van der Waals surface area contributed by atoms with E-state index in [1.54, 1.807) is 0 Å². The van der Waals surface area contributed by atoms with Crippen molar-refractivity contribution in [2.24, 2.45) is 5.92 Å². The van der Waals surface area contributed by atoms with Crippen molar-refractivity contribution in [2.45, 2.75) is 78.0 Å². The summed E-state index contributed by atoms with van der Waals surface area (Å²) in [5.41, 5.74) is 7.46. The number of rotatable bonds is 6. The summed E-state index contributed by atoms with van der Waals surface area (Å²) in [7, 11) is 0. The minimum Gasteiger partial charge on any atom is -0.488 e. The predicted octanol–water partition coefficient (Wildman–Crippen LogP) is 8.90. The Morgan fingerprint density at radius 3 is 2.23 bits per heavy atom. The summed E-state index contributed by atoms with van der Waals surface area (Å²) >= 11 is 0.